The Morgan fingerprint density at radius 3 is 2.19 bits per heavy atom. The fourth-order valence-electron chi connectivity index (χ4n) is 2.15. The monoisotopic (exact) mass is 355 g/mol. The molecule has 6 nitrogen and oxygen atoms in total. The van der Waals surface area contributed by atoms with E-state index in [-0.39, 0.29) is 28.9 Å². The number of ether oxygens (including phenoxy) is 1. The fraction of sp³-hybridized carbons (Fsp3) is 0.250. The van der Waals surface area contributed by atoms with E-state index in [0.717, 1.165) is 0 Å². The van der Waals surface area contributed by atoms with Crippen molar-refractivity contribution in [1.29, 1.82) is 0 Å². The van der Waals surface area contributed by atoms with E-state index < -0.39 is 12.1 Å². The maximum Gasteiger partial charge on any atom is 0.338 e. The summed E-state index contributed by atoms with van der Waals surface area (Å²) in [5, 5.41) is 12.1. The second-order valence-electron chi connectivity index (χ2n) is 6.18. The quantitative estimate of drug-likeness (QED) is 0.612. The number of carbonyl (C=O) groups is 3. The lowest BCUT2D eigenvalue weighted by Crippen LogP contribution is -2.24. The molecule has 2 N–H and O–H groups in total. The van der Waals surface area contributed by atoms with Gasteiger partial charge in [0.2, 0.25) is 11.7 Å². The molecular formula is C20H21NO5. The van der Waals surface area contributed by atoms with Crippen molar-refractivity contribution in [3.63, 3.8) is 0 Å². The highest BCUT2D eigenvalue weighted by Crippen LogP contribution is 2.16. The number of Topliss-reactive ketones (excluding diaryl/α,β-unsaturated/α-hetero) is 1. The number of benzene rings is 2. The van der Waals surface area contributed by atoms with Gasteiger partial charge in [-0.15, -0.1) is 0 Å². The van der Waals surface area contributed by atoms with Crippen LogP contribution in [0.25, 0.3) is 0 Å². The van der Waals surface area contributed by atoms with Crippen LogP contribution in [0.1, 0.15) is 41.5 Å². The van der Waals surface area contributed by atoms with Gasteiger partial charge in [0, 0.05) is 17.2 Å². The van der Waals surface area contributed by atoms with E-state index in [9.17, 15) is 19.5 Å². The second kappa shape index (κ2) is 8.29. The molecular weight excluding hydrogens is 334 g/mol. The van der Waals surface area contributed by atoms with E-state index in [1.165, 1.54) is 31.2 Å². The summed E-state index contributed by atoms with van der Waals surface area (Å²) < 4.78 is 5.16. The first kappa shape index (κ1) is 19.2. The lowest BCUT2D eigenvalue weighted by atomic mass is 10.1. The molecule has 2 aromatic carbocycles. The van der Waals surface area contributed by atoms with Gasteiger partial charge in [-0.2, -0.15) is 0 Å². The summed E-state index contributed by atoms with van der Waals surface area (Å²) in [5.41, 5.74) is 1.12. The van der Waals surface area contributed by atoms with E-state index in [2.05, 4.69) is 5.32 Å². The topological polar surface area (TPSA) is 92.7 Å². The summed E-state index contributed by atoms with van der Waals surface area (Å²) in [5.74, 6) is -1.37. The molecule has 0 radical (unpaired) electrons. The summed E-state index contributed by atoms with van der Waals surface area (Å²) in [6.07, 6.45) is -0.985. The lowest BCUT2D eigenvalue weighted by Gasteiger charge is -2.13. The number of anilines is 1. The molecule has 2 rings (SSSR count). The Labute approximate surface area is 151 Å². The van der Waals surface area contributed by atoms with Crippen LogP contribution in [0.3, 0.4) is 0 Å². The van der Waals surface area contributed by atoms with Crippen molar-refractivity contribution in [2.45, 2.75) is 26.9 Å². The number of phenolic OH excluding ortho intramolecular Hbond substituents is 1. The number of rotatable bonds is 6. The lowest BCUT2D eigenvalue weighted by molar-refractivity contribution is -0.118. The number of nitrogens with one attached hydrogen (secondary N) is 1. The predicted molar refractivity (Wildman–Crippen MR) is 97.2 cm³/mol. The van der Waals surface area contributed by atoms with E-state index >= 15 is 0 Å². The highest BCUT2D eigenvalue weighted by molar-refractivity contribution is 6.02. The van der Waals surface area contributed by atoms with Gasteiger partial charge >= 0.3 is 5.97 Å². The number of ketones is 1. The highest BCUT2D eigenvalue weighted by atomic mass is 16.5. The van der Waals surface area contributed by atoms with Crippen molar-refractivity contribution >= 4 is 23.3 Å². The van der Waals surface area contributed by atoms with Crippen molar-refractivity contribution in [2.24, 2.45) is 5.92 Å². The maximum absolute atomic E-state index is 12.4. The molecule has 0 aliphatic rings. The van der Waals surface area contributed by atoms with Gasteiger partial charge < -0.3 is 15.2 Å². The van der Waals surface area contributed by atoms with Gasteiger partial charge in [0.15, 0.2) is 6.10 Å². The molecule has 0 aliphatic carbocycles. The molecule has 136 valence electrons. The minimum Gasteiger partial charge on any atom is -0.508 e. The van der Waals surface area contributed by atoms with Crippen molar-refractivity contribution in [3.8, 4) is 5.75 Å². The molecule has 0 heterocycles. The van der Waals surface area contributed by atoms with Crippen LogP contribution in [-0.2, 0) is 9.53 Å². The molecule has 0 aliphatic heterocycles. The smallest absolute Gasteiger partial charge is 0.338 e. The van der Waals surface area contributed by atoms with Gasteiger partial charge in [-0.05, 0) is 49.4 Å². The van der Waals surface area contributed by atoms with Gasteiger partial charge in [-0.25, -0.2) is 4.79 Å². The van der Waals surface area contributed by atoms with Crippen LogP contribution in [-0.4, -0.2) is 28.9 Å². The molecule has 1 atom stereocenters. The molecule has 1 amide bonds. The summed E-state index contributed by atoms with van der Waals surface area (Å²) in [7, 11) is 0. The summed E-state index contributed by atoms with van der Waals surface area (Å²) >= 11 is 0. The van der Waals surface area contributed by atoms with Gasteiger partial charge in [-0.3, -0.25) is 9.59 Å². The summed E-state index contributed by atoms with van der Waals surface area (Å²) in [6.45, 7) is 5.06. The van der Waals surface area contributed by atoms with Crippen LogP contribution < -0.4 is 5.32 Å². The molecule has 2 aromatic rings. The maximum atomic E-state index is 12.4. The Balaban J connectivity index is 2.01. The van der Waals surface area contributed by atoms with Gasteiger partial charge in [0.05, 0.1) is 5.56 Å². The molecule has 0 spiro atoms. The Morgan fingerprint density at radius 1 is 0.962 bits per heavy atom. The largest absolute Gasteiger partial charge is 0.508 e. The van der Waals surface area contributed by atoms with Crippen LogP contribution in [0.5, 0.6) is 5.75 Å². The third kappa shape index (κ3) is 4.92. The first-order valence-electron chi connectivity index (χ1n) is 8.23. The predicted octanol–water partition coefficient (Wildman–Crippen LogP) is 3.41. The average Bonchev–Trinajstić information content (AvgIpc) is 2.61. The average molecular weight is 355 g/mol. The molecule has 26 heavy (non-hydrogen) atoms. The number of aromatic hydroxyl groups is 1. The van der Waals surface area contributed by atoms with Crippen LogP contribution in [0, 0.1) is 5.92 Å². The third-order valence-corrected chi connectivity index (χ3v) is 3.70. The minimum absolute atomic E-state index is 0.0579. The first-order valence-corrected chi connectivity index (χ1v) is 8.23. The standard InChI is InChI=1S/C20H21NO5/c1-12(2)19(24)21-16-9-7-14(8-10-16)18(23)13(3)26-20(25)15-5-4-6-17(22)11-15/h4-13,22H,1-3H3,(H,21,24)/t13-/m0/s1. The Bertz CT molecular complexity index is 811. The second-order valence-corrected chi connectivity index (χ2v) is 6.18. The molecule has 0 bridgehead atoms. The SMILES string of the molecule is CC(C)C(=O)Nc1ccc(C(=O)[C@H](C)OC(=O)c2cccc(O)c2)cc1. The van der Waals surface area contributed by atoms with Crippen molar-refractivity contribution in [3.05, 3.63) is 59.7 Å². The molecule has 0 aromatic heterocycles. The van der Waals surface area contributed by atoms with E-state index in [1.54, 1.807) is 38.1 Å². The van der Waals surface area contributed by atoms with Gasteiger partial charge in [0.25, 0.3) is 0 Å². The number of esters is 1. The zero-order valence-electron chi connectivity index (χ0n) is 14.9. The van der Waals surface area contributed by atoms with E-state index in [4.69, 9.17) is 4.74 Å². The number of amides is 1. The Morgan fingerprint density at radius 2 is 1.62 bits per heavy atom. The number of hydrogen-bond acceptors (Lipinski definition) is 5. The number of hydrogen-bond donors (Lipinski definition) is 2. The zero-order chi connectivity index (χ0) is 19.3. The summed E-state index contributed by atoms with van der Waals surface area (Å²) in [6, 6.07) is 12.1. The van der Waals surface area contributed by atoms with Crippen LogP contribution >= 0.6 is 0 Å². The van der Waals surface area contributed by atoms with Crippen LogP contribution in [0.15, 0.2) is 48.5 Å². The minimum atomic E-state index is -0.985. The fourth-order valence-corrected chi connectivity index (χ4v) is 2.15. The molecule has 0 fully saturated rings. The van der Waals surface area contributed by atoms with Crippen LogP contribution in [0.4, 0.5) is 5.69 Å². The van der Waals surface area contributed by atoms with Crippen molar-refractivity contribution < 1.29 is 24.2 Å². The highest BCUT2D eigenvalue weighted by Gasteiger charge is 2.20. The third-order valence-electron chi connectivity index (χ3n) is 3.70. The van der Waals surface area contributed by atoms with Crippen molar-refractivity contribution in [2.75, 3.05) is 5.32 Å². The molecule has 6 heteroatoms. The molecule has 0 unspecified atom stereocenters. The first-order chi connectivity index (χ1) is 12.3. The summed E-state index contributed by atoms with van der Waals surface area (Å²) in [4.78, 5) is 36.1. The molecule has 0 saturated heterocycles. The van der Waals surface area contributed by atoms with Crippen molar-refractivity contribution in [1.82, 2.24) is 0 Å². The number of phenols is 1. The molecule has 0 saturated carbocycles. The van der Waals surface area contributed by atoms with Crippen LogP contribution in [0.2, 0.25) is 0 Å². The normalized spacial score (nSPS) is 11.7. The number of carbonyl (C=O) groups excluding carboxylic acids is 3. The Hall–Kier alpha value is -3.15. The Kier molecular flexibility index (Phi) is 6.11. The van der Waals surface area contributed by atoms with Gasteiger partial charge in [-0.1, -0.05) is 19.9 Å². The van der Waals surface area contributed by atoms with E-state index in [0.29, 0.717) is 11.3 Å². The van der Waals surface area contributed by atoms with E-state index in [1.807, 2.05) is 0 Å². The van der Waals surface area contributed by atoms with Gasteiger partial charge in [0.1, 0.15) is 5.75 Å². The zero-order valence-corrected chi connectivity index (χ0v) is 14.9.